The molecule has 0 amide bonds. The summed E-state index contributed by atoms with van der Waals surface area (Å²) in [5.74, 6) is 0.732. The highest BCUT2D eigenvalue weighted by Gasteiger charge is 2.25. The number of aromatic nitrogens is 4. The number of morpholine rings is 1. The van der Waals surface area contributed by atoms with E-state index < -0.39 is 0 Å². The maximum atomic E-state index is 5.98. The number of hydrogen-bond donors (Lipinski definition) is 0. The summed E-state index contributed by atoms with van der Waals surface area (Å²) in [7, 11) is 0. The minimum atomic E-state index is -0.127. The molecule has 1 aliphatic rings. The lowest BCUT2D eigenvalue weighted by Gasteiger charge is -2.31. The number of nitrogens with zero attached hydrogens (tertiary/aromatic N) is 5. The van der Waals surface area contributed by atoms with Gasteiger partial charge in [-0.2, -0.15) is 0 Å². The van der Waals surface area contributed by atoms with Crippen molar-refractivity contribution in [2.24, 2.45) is 0 Å². The van der Waals surface area contributed by atoms with E-state index in [0.29, 0.717) is 6.61 Å². The molecule has 0 spiro atoms. The molecule has 0 radical (unpaired) electrons. The Kier molecular flexibility index (Phi) is 4.56. The van der Waals surface area contributed by atoms with E-state index in [0.717, 1.165) is 47.9 Å². The molecular formula is C22H21N5O. The molecule has 1 saturated heterocycles. The Hall–Kier alpha value is -3.09. The van der Waals surface area contributed by atoms with Crippen molar-refractivity contribution in [1.82, 2.24) is 24.5 Å². The van der Waals surface area contributed by atoms with Gasteiger partial charge in [0.2, 0.25) is 0 Å². The molecule has 1 fully saturated rings. The number of hydrogen-bond acceptors (Lipinski definition) is 5. The van der Waals surface area contributed by atoms with Gasteiger partial charge in [-0.05, 0) is 29.8 Å². The first-order valence-electron chi connectivity index (χ1n) is 9.51. The SMILES string of the molecule is c1ccc(-c2ccc3nc(C4CN(Cc5ccccn5)CCO4)nn3c2)cc1. The zero-order valence-corrected chi connectivity index (χ0v) is 15.5. The number of ether oxygens (including phenoxy) is 1. The van der Waals surface area contributed by atoms with Gasteiger partial charge in [0.05, 0.1) is 12.3 Å². The fourth-order valence-corrected chi connectivity index (χ4v) is 3.56. The predicted molar refractivity (Wildman–Crippen MR) is 107 cm³/mol. The molecule has 140 valence electrons. The zero-order valence-electron chi connectivity index (χ0n) is 15.5. The Labute approximate surface area is 163 Å². The summed E-state index contributed by atoms with van der Waals surface area (Å²) in [6, 6.07) is 20.4. The van der Waals surface area contributed by atoms with Crippen LogP contribution in [-0.4, -0.2) is 44.2 Å². The Morgan fingerprint density at radius 3 is 2.71 bits per heavy atom. The lowest BCUT2D eigenvalue weighted by molar-refractivity contribution is -0.0374. The first-order chi connectivity index (χ1) is 13.8. The van der Waals surface area contributed by atoms with E-state index in [1.807, 2.05) is 53.3 Å². The number of pyridine rings is 2. The molecule has 1 aromatic carbocycles. The average molecular weight is 371 g/mol. The van der Waals surface area contributed by atoms with Crippen molar-refractivity contribution in [1.29, 1.82) is 0 Å². The summed E-state index contributed by atoms with van der Waals surface area (Å²) in [5, 5.41) is 4.70. The molecule has 5 rings (SSSR count). The van der Waals surface area contributed by atoms with Gasteiger partial charge in [-0.3, -0.25) is 9.88 Å². The molecule has 6 nitrogen and oxygen atoms in total. The van der Waals surface area contributed by atoms with Gasteiger partial charge >= 0.3 is 0 Å². The predicted octanol–water partition coefficient (Wildman–Crippen LogP) is 3.36. The van der Waals surface area contributed by atoms with Gasteiger partial charge in [0.1, 0.15) is 6.10 Å². The Balaban J connectivity index is 1.36. The highest BCUT2D eigenvalue weighted by Crippen LogP contribution is 2.23. The lowest BCUT2D eigenvalue weighted by atomic mass is 10.1. The maximum absolute atomic E-state index is 5.98. The van der Waals surface area contributed by atoms with Crippen LogP contribution in [0, 0.1) is 0 Å². The summed E-state index contributed by atoms with van der Waals surface area (Å²) in [5.41, 5.74) is 4.18. The molecule has 0 aliphatic carbocycles. The van der Waals surface area contributed by atoms with Gasteiger partial charge < -0.3 is 4.74 Å². The van der Waals surface area contributed by atoms with E-state index in [-0.39, 0.29) is 6.10 Å². The van der Waals surface area contributed by atoms with Crippen LogP contribution in [0.25, 0.3) is 16.8 Å². The van der Waals surface area contributed by atoms with Gasteiger partial charge in [0, 0.05) is 37.6 Å². The van der Waals surface area contributed by atoms with Crippen LogP contribution in [0.4, 0.5) is 0 Å². The summed E-state index contributed by atoms with van der Waals surface area (Å²) in [6.45, 7) is 3.13. The lowest BCUT2D eigenvalue weighted by Crippen LogP contribution is -2.38. The van der Waals surface area contributed by atoms with Gasteiger partial charge in [0.25, 0.3) is 0 Å². The third kappa shape index (κ3) is 3.52. The quantitative estimate of drug-likeness (QED) is 0.551. The first kappa shape index (κ1) is 17.0. The van der Waals surface area contributed by atoms with Gasteiger partial charge in [-0.25, -0.2) is 9.50 Å². The van der Waals surface area contributed by atoms with E-state index in [1.54, 1.807) is 0 Å². The van der Waals surface area contributed by atoms with Crippen molar-refractivity contribution in [3.63, 3.8) is 0 Å². The van der Waals surface area contributed by atoms with Gasteiger partial charge in [-0.15, -0.1) is 5.10 Å². The van der Waals surface area contributed by atoms with Crippen LogP contribution in [-0.2, 0) is 11.3 Å². The van der Waals surface area contributed by atoms with Crippen LogP contribution in [0.2, 0.25) is 0 Å². The van der Waals surface area contributed by atoms with Crippen LogP contribution in [0.5, 0.6) is 0 Å². The summed E-state index contributed by atoms with van der Waals surface area (Å²) in [4.78, 5) is 11.5. The molecule has 4 aromatic rings. The molecule has 1 unspecified atom stereocenters. The number of benzene rings is 1. The second-order valence-electron chi connectivity index (χ2n) is 6.97. The molecule has 0 N–H and O–H groups in total. The fourth-order valence-electron chi connectivity index (χ4n) is 3.56. The molecule has 1 aliphatic heterocycles. The molecule has 0 bridgehead atoms. The van der Waals surface area contributed by atoms with Crippen LogP contribution < -0.4 is 0 Å². The number of rotatable bonds is 4. The summed E-state index contributed by atoms with van der Waals surface area (Å²) >= 11 is 0. The minimum absolute atomic E-state index is 0.127. The highest BCUT2D eigenvalue weighted by molar-refractivity contribution is 5.64. The molecular weight excluding hydrogens is 350 g/mol. The maximum Gasteiger partial charge on any atom is 0.181 e. The third-order valence-electron chi connectivity index (χ3n) is 5.00. The van der Waals surface area contributed by atoms with Crippen LogP contribution in [0.3, 0.4) is 0 Å². The minimum Gasteiger partial charge on any atom is -0.367 e. The van der Waals surface area contributed by atoms with Gasteiger partial charge in [-0.1, -0.05) is 36.4 Å². The largest absolute Gasteiger partial charge is 0.367 e. The van der Waals surface area contributed by atoms with Crippen molar-refractivity contribution in [2.45, 2.75) is 12.6 Å². The van der Waals surface area contributed by atoms with E-state index in [1.165, 1.54) is 0 Å². The average Bonchev–Trinajstić information content (AvgIpc) is 3.19. The smallest absolute Gasteiger partial charge is 0.181 e. The molecule has 3 aromatic heterocycles. The normalized spacial score (nSPS) is 17.8. The molecule has 6 heteroatoms. The molecule has 4 heterocycles. The monoisotopic (exact) mass is 371 g/mol. The summed E-state index contributed by atoms with van der Waals surface area (Å²) < 4.78 is 7.82. The fraction of sp³-hybridized carbons (Fsp3) is 0.227. The molecule has 28 heavy (non-hydrogen) atoms. The van der Waals surface area contributed by atoms with Crippen molar-refractivity contribution in [3.05, 3.63) is 84.6 Å². The summed E-state index contributed by atoms with van der Waals surface area (Å²) in [6.07, 6.45) is 3.73. The third-order valence-corrected chi connectivity index (χ3v) is 5.00. The standard InChI is InChI=1S/C22H21N5O/c1-2-6-17(7-3-1)18-9-10-21-24-22(25-27(21)14-18)20-16-26(12-13-28-20)15-19-8-4-5-11-23-19/h1-11,14,20H,12-13,15-16H2. The van der Waals surface area contributed by atoms with Crippen LogP contribution in [0.1, 0.15) is 17.6 Å². The zero-order chi connectivity index (χ0) is 18.8. The van der Waals surface area contributed by atoms with E-state index in [2.05, 4.69) is 34.1 Å². The van der Waals surface area contributed by atoms with Gasteiger partial charge in [0.15, 0.2) is 11.5 Å². The van der Waals surface area contributed by atoms with Crippen LogP contribution in [0.15, 0.2) is 73.1 Å². The molecule has 1 atom stereocenters. The van der Waals surface area contributed by atoms with Crippen molar-refractivity contribution in [3.8, 4) is 11.1 Å². The van der Waals surface area contributed by atoms with E-state index in [9.17, 15) is 0 Å². The van der Waals surface area contributed by atoms with Crippen LogP contribution >= 0.6 is 0 Å². The second-order valence-corrected chi connectivity index (χ2v) is 6.97. The first-order valence-corrected chi connectivity index (χ1v) is 9.51. The Bertz CT molecular complexity index is 1060. The van der Waals surface area contributed by atoms with Crippen molar-refractivity contribution in [2.75, 3.05) is 19.7 Å². The van der Waals surface area contributed by atoms with Crippen molar-refractivity contribution >= 4 is 5.65 Å². The highest BCUT2D eigenvalue weighted by atomic mass is 16.5. The van der Waals surface area contributed by atoms with E-state index >= 15 is 0 Å². The topological polar surface area (TPSA) is 55.5 Å². The van der Waals surface area contributed by atoms with E-state index in [4.69, 9.17) is 14.8 Å². The Morgan fingerprint density at radius 1 is 0.964 bits per heavy atom. The Morgan fingerprint density at radius 2 is 1.86 bits per heavy atom. The number of fused-ring (bicyclic) bond motifs is 1. The van der Waals surface area contributed by atoms with Crippen molar-refractivity contribution < 1.29 is 4.74 Å². The molecule has 0 saturated carbocycles. The second kappa shape index (κ2) is 7.50.